The quantitative estimate of drug-likeness (QED) is 0.248. The maximum Gasteiger partial charge on any atom is 0.180 e. The summed E-state index contributed by atoms with van der Waals surface area (Å²) in [6.07, 6.45) is 0. The van der Waals surface area contributed by atoms with Crippen LogP contribution in [0.25, 0.3) is 49.4 Å². The average molecular weight is 476 g/mol. The fraction of sp³-hybridized carbons (Fsp3) is 0. The minimum absolute atomic E-state index is 0.729. The lowest BCUT2D eigenvalue weighted by Gasteiger charge is -2.21. The monoisotopic (exact) mass is 475 g/mol. The van der Waals surface area contributed by atoms with Gasteiger partial charge in [-0.25, -0.2) is 0 Å². The molecule has 3 nitrogen and oxygen atoms in total. The SMILES string of the molecule is c1ccc(-c2ccc3c(c2)c2c4c(ccc2n3-c2cccc3ccccc23)Oc2ccccc2O4)cc1. The lowest BCUT2D eigenvalue weighted by Crippen LogP contribution is -2.00. The predicted octanol–water partition coefficient (Wildman–Crippen LogP) is 9.50. The normalized spacial score (nSPS) is 12.2. The van der Waals surface area contributed by atoms with E-state index in [2.05, 4.69) is 95.6 Å². The van der Waals surface area contributed by atoms with Gasteiger partial charge in [-0.1, -0.05) is 84.9 Å². The van der Waals surface area contributed by atoms with Gasteiger partial charge in [0.15, 0.2) is 23.0 Å². The van der Waals surface area contributed by atoms with Crippen LogP contribution in [0.3, 0.4) is 0 Å². The average Bonchev–Trinajstić information content (AvgIpc) is 3.30. The Balaban J connectivity index is 1.49. The Hall–Kier alpha value is -5.02. The molecule has 2 heterocycles. The first-order valence-corrected chi connectivity index (χ1v) is 12.4. The van der Waals surface area contributed by atoms with Gasteiger partial charge >= 0.3 is 0 Å². The second-order valence-electron chi connectivity index (χ2n) is 9.37. The van der Waals surface area contributed by atoms with Gasteiger partial charge < -0.3 is 14.0 Å². The summed E-state index contributed by atoms with van der Waals surface area (Å²) in [5, 5.41) is 4.59. The van der Waals surface area contributed by atoms with Crippen LogP contribution >= 0.6 is 0 Å². The van der Waals surface area contributed by atoms with Crippen LogP contribution in [0.2, 0.25) is 0 Å². The molecule has 8 rings (SSSR count). The van der Waals surface area contributed by atoms with Crippen LogP contribution in [0.5, 0.6) is 23.0 Å². The van der Waals surface area contributed by atoms with Gasteiger partial charge in [0.1, 0.15) is 0 Å². The summed E-state index contributed by atoms with van der Waals surface area (Å²) in [5.74, 6) is 2.95. The zero-order chi connectivity index (χ0) is 24.3. The standard InChI is InChI=1S/C34H21NO2/c1-2-9-22(10-3-1)24-17-18-28-26(21-24)33-29(35(28)27-14-8-12-23-11-4-5-13-25(23)27)19-20-32-34(33)37-31-16-7-6-15-30(31)36-32/h1-21H. The highest BCUT2D eigenvalue weighted by Gasteiger charge is 2.25. The number of para-hydroxylation sites is 2. The fourth-order valence-corrected chi connectivity index (χ4v) is 5.56. The molecule has 6 aromatic carbocycles. The molecule has 0 unspecified atom stereocenters. The first-order chi connectivity index (χ1) is 18.3. The maximum atomic E-state index is 6.54. The maximum absolute atomic E-state index is 6.54. The lowest BCUT2D eigenvalue weighted by atomic mass is 10.0. The summed E-state index contributed by atoms with van der Waals surface area (Å²) in [4.78, 5) is 0. The van der Waals surface area contributed by atoms with E-state index >= 15 is 0 Å². The largest absolute Gasteiger partial charge is 0.449 e. The number of rotatable bonds is 2. The summed E-state index contributed by atoms with van der Waals surface area (Å²) < 4.78 is 15.2. The summed E-state index contributed by atoms with van der Waals surface area (Å²) >= 11 is 0. The molecule has 1 aliphatic rings. The minimum atomic E-state index is 0.729. The van der Waals surface area contributed by atoms with Crippen molar-refractivity contribution in [2.45, 2.75) is 0 Å². The van der Waals surface area contributed by atoms with Gasteiger partial charge in [-0.2, -0.15) is 0 Å². The van der Waals surface area contributed by atoms with Crippen LogP contribution in [0.15, 0.2) is 127 Å². The highest BCUT2D eigenvalue weighted by molar-refractivity contribution is 6.15. The number of aromatic nitrogens is 1. The Morgan fingerprint density at radius 2 is 1.19 bits per heavy atom. The molecule has 0 spiro atoms. The van der Waals surface area contributed by atoms with Crippen molar-refractivity contribution in [3.63, 3.8) is 0 Å². The third-order valence-corrected chi connectivity index (χ3v) is 7.24. The number of hydrogen-bond donors (Lipinski definition) is 0. The second-order valence-corrected chi connectivity index (χ2v) is 9.37. The molecule has 0 atom stereocenters. The van der Waals surface area contributed by atoms with E-state index in [-0.39, 0.29) is 0 Å². The van der Waals surface area contributed by atoms with Gasteiger partial charge in [0, 0.05) is 10.8 Å². The van der Waals surface area contributed by atoms with Crippen LogP contribution in [0, 0.1) is 0 Å². The summed E-state index contributed by atoms with van der Waals surface area (Å²) in [6, 6.07) is 44.2. The van der Waals surface area contributed by atoms with Crippen molar-refractivity contribution in [1.82, 2.24) is 4.57 Å². The van der Waals surface area contributed by atoms with Gasteiger partial charge in [0.25, 0.3) is 0 Å². The topological polar surface area (TPSA) is 23.4 Å². The number of fused-ring (bicyclic) bond motifs is 7. The third-order valence-electron chi connectivity index (χ3n) is 7.24. The summed E-state index contributed by atoms with van der Waals surface area (Å²) in [7, 11) is 0. The zero-order valence-electron chi connectivity index (χ0n) is 19.9. The van der Waals surface area contributed by atoms with Crippen molar-refractivity contribution in [2.24, 2.45) is 0 Å². The molecule has 0 saturated carbocycles. The molecule has 7 aromatic rings. The van der Waals surface area contributed by atoms with Crippen molar-refractivity contribution < 1.29 is 9.47 Å². The van der Waals surface area contributed by atoms with E-state index in [1.807, 2.05) is 36.4 Å². The summed E-state index contributed by atoms with van der Waals surface area (Å²) in [6.45, 7) is 0. The zero-order valence-corrected chi connectivity index (χ0v) is 19.9. The molecular weight excluding hydrogens is 454 g/mol. The fourth-order valence-electron chi connectivity index (χ4n) is 5.56. The van der Waals surface area contributed by atoms with Crippen LogP contribution in [-0.2, 0) is 0 Å². The van der Waals surface area contributed by atoms with E-state index in [1.165, 1.54) is 21.9 Å². The molecule has 1 aromatic heterocycles. The highest BCUT2D eigenvalue weighted by Crippen LogP contribution is 2.51. The first-order valence-electron chi connectivity index (χ1n) is 12.4. The molecule has 0 radical (unpaired) electrons. The van der Waals surface area contributed by atoms with E-state index in [4.69, 9.17) is 9.47 Å². The van der Waals surface area contributed by atoms with Gasteiger partial charge in [0.05, 0.1) is 22.1 Å². The van der Waals surface area contributed by atoms with E-state index in [0.717, 1.165) is 50.5 Å². The molecule has 0 bridgehead atoms. The Bertz CT molecular complexity index is 1980. The lowest BCUT2D eigenvalue weighted by molar-refractivity contribution is 0.363. The minimum Gasteiger partial charge on any atom is -0.449 e. The third kappa shape index (κ3) is 3.01. The van der Waals surface area contributed by atoms with E-state index in [0.29, 0.717) is 0 Å². The molecule has 1 aliphatic heterocycles. The van der Waals surface area contributed by atoms with Crippen LogP contribution < -0.4 is 9.47 Å². The predicted molar refractivity (Wildman–Crippen MR) is 150 cm³/mol. The van der Waals surface area contributed by atoms with Crippen molar-refractivity contribution in [2.75, 3.05) is 0 Å². The van der Waals surface area contributed by atoms with Gasteiger partial charge in [-0.05, 0) is 59.0 Å². The van der Waals surface area contributed by atoms with Crippen molar-refractivity contribution in [3.05, 3.63) is 127 Å². The van der Waals surface area contributed by atoms with Crippen molar-refractivity contribution >= 4 is 32.6 Å². The van der Waals surface area contributed by atoms with Crippen LogP contribution in [0.1, 0.15) is 0 Å². The number of nitrogens with zero attached hydrogens (tertiary/aromatic N) is 1. The molecule has 37 heavy (non-hydrogen) atoms. The Morgan fingerprint density at radius 3 is 2.08 bits per heavy atom. The molecule has 0 saturated heterocycles. The van der Waals surface area contributed by atoms with E-state index < -0.39 is 0 Å². The van der Waals surface area contributed by atoms with E-state index in [9.17, 15) is 0 Å². The smallest absolute Gasteiger partial charge is 0.180 e. The van der Waals surface area contributed by atoms with E-state index in [1.54, 1.807) is 0 Å². The Kier molecular flexibility index (Phi) is 4.23. The molecule has 0 aliphatic carbocycles. The Morgan fingerprint density at radius 1 is 0.459 bits per heavy atom. The van der Waals surface area contributed by atoms with Gasteiger partial charge in [-0.3, -0.25) is 0 Å². The van der Waals surface area contributed by atoms with Crippen LogP contribution in [0.4, 0.5) is 0 Å². The molecular formula is C34H21NO2. The van der Waals surface area contributed by atoms with Gasteiger partial charge in [-0.15, -0.1) is 0 Å². The van der Waals surface area contributed by atoms with Crippen LogP contribution in [-0.4, -0.2) is 4.57 Å². The van der Waals surface area contributed by atoms with Gasteiger partial charge in [0.2, 0.25) is 0 Å². The highest BCUT2D eigenvalue weighted by atomic mass is 16.6. The first kappa shape index (κ1) is 20.2. The second kappa shape index (κ2) is 7.74. The molecule has 174 valence electrons. The molecule has 0 amide bonds. The number of benzene rings is 6. The van der Waals surface area contributed by atoms with Crippen molar-refractivity contribution in [1.29, 1.82) is 0 Å². The summed E-state index contributed by atoms with van der Waals surface area (Å²) in [5.41, 5.74) is 5.70. The molecule has 3 heteroatoms. The molecule has 0 fully saturated rings. The Labute approximate surface area is 213 Å². The molecule has 0 N–H and O–H groups in total. The number of hydrogen-bond acceptors (Lipinski definition) is 2. The number of ether oxygens (including phenoxy) is 2. The van der Waals surface area contributed by atoms with Crippen molar-refractivity contribution in [3.8, 4) is 39.8 Å².